The number of benzene rings is 1. The quantitative estimate of drug-likeness (QED) is 0.783. The van der Waals surface area contributed by atoms with Crippen LogP contribution >= 0.6 is 43.2 Å². The van der Waals surface area contributed by atoms with E-state index in [2.05, 4.69) is 48.2 Å². The molecular formula is C12H12Br2N2OS. The fourth-order valence-electron chi connectivity index (χ4n) is 1.47. The highest BCUT2D eigenvalue weighted by molar-refractivity contribution is 9.10. The maximum absolute atomic E-state index is 11.8. The molecule has 0 spiro atoms. The Kier molecular flexibility index (Phi) is 4.40. The van der Waals surface area contributed by atoms with Crippen molar-refractivity contribution in [1.29, 1.82) is 0 Å². The number of thiazole rings is 1. The van der Waals surface area contributed by atoms with E-state index in [4.69, 9.17) is 0 Å². The fraction of sp³-hybridized carbons (Fsp3) is 0.333. The van der Waals surface area contributed by atoms with E-state index < -0.39 is 0 Å². The topological polar surface area (TPSA) is 42.0 Å². The molecule has 0 radical (unpaired) electrons. The first-order valence-electron chi connectivity index (χ1n) is 5.53. The minimum atomic E-state index is -0.169. The third-order valence-electron chi connectivity index (χ3n) is 2.54. The largest absolute Gasteiger partial charge is 0.301 e. The molecule has 6 heteroatoms. The van der Waals surface area contributed by atoms with Crippen LogP contribution in [-0.2, 0) is 4.79 Å². The molecule has 18 heavy (non-hydrogen) atoms. The van der Waals surface area contributed by atoms with Crippen molar-refractivity contribution in [2.24, 2.45) is 0 Å². The molecule has 1 aromatic carbocycles. The van der Waals surface area contributed by atoms with Crippen molar-refractivity contribution in [1.82, 2.24) is 4.98 Å². The Balaban J connectivity index is 2.28. The van der Waals surface area contributed by atoms with Crippen LogP contribution in [0, 0.1) is 6.92 Å². The second-order valence-electron chi connectivity index (χ2n) is 3.95. The maximum Gasteiger partial charge on any atom is 0.239 e. The first-order chi connectivity index (χ1) is 8.51. The molecule has 0 saturated heterocycles. The second-order valence-corrected chi connectivity index (χ2v) is 6.94. The predicted octanol–water partition coefficient (Wildman–Crippen LogP) is 4.48. The van der Waals surface area contributed by atoms with E-state index in [0.29, 0.717) is 5.13 Å². The Morgan fingerprint density at radius 2 is 2.28 bits per heavy atom. The number of halogens is 2. The molecule has 1 aromatic heterocycles. The van der Waals surface area contributed by atoms with E-state index in [0.717, 1.165) is 26.7 Å². The number of hydrogen-bond donors (Lipinski definition) is 1. The predicted molar refractivity (Wildman–Crippen MR) is 83.7 cm³/mol. The van der Waals surface area contributed by atoms with Crippen LogP contribution in [0.25, 0.3) is 10.2 Å². The number of alkyl halides is 1. The van der Waals surface area contributed by atoms with Gasteiger partial charge < -0.3 is 5.32 Å². The first kappa shape index (κ1) is 14.0. The van der Waals surface area contributed by atoms with Gasteiger partial charge in [0.2, 0.25) is 5.91 Å². The third-order valence-corrected chi connectivity index (χ3v) is 5.39. The van der Waals surface area contributed by atoms with E-state index in [-0.39, 0.29) is 10.7 Å². The zero-order valence-corrected chi connectivity index (χ0v) is 13.9. The monoisotopic (exact) mass is 390 g/mol. The van der Waals surface area contributed by atoms with Gasteiger partial charge in [-0.15, -0.1) is 0 Å². The van der Waals surface area contributed by atoms with Gasteiger partial charge in [0.15, 0.2) is 5.13 Å². The molecule has 3 nitrogen and oxygen atoms in total. The van der Waals surface area contributed by atoms with E-state index in [1.165, 1.54) is 11.3 Å². The molecule has 1 atom stereocenters. The van der Waals surface area contributed by atoms with Crippen molar-refractivity contribution >= 4 is 64.5 Å². The number of fused-ring (bicyclic) bond motifs is 1. The maximum atomic E-state index is 11.8. The fourth-order valence-corrected chi connectivity index (χ4v) is 2.87. The van der Waals surface area contributed by atoms with Gasteiger partial charge in [0, 0.05) is 4.47 Å². The molecule has 1 N–H and O–H groups in total. The van der Waals surface area contributed by atoms with E-state index >= 15 is 0 Å². The van der Waals surface area contributed by atoms with Crippen LogP contribution in [0.1, 0.15) is 18.9 Å². The summed E-state index contributed by atoms with van der Waals surface area (Å²) in [6.45, 7) is 3.99. The highest BCUT2D eigenvalue weighted by atomic mass is 79.9. The Morgan fingerprint density at radius 3 is 2.94 bits per heavy atom. The van der Waals surface area contributed by atoms with Crippen LogP contribution in [0.4, 0.5) is 5.13 Å². The molecule has 0 saturated carbocycles. The zero-order chi connectivity index (χ0) is 13.3. The molecule has 96 valence electrons. The van der Waals surface area contributed by atoms with Gasteiger partial charge in [-0.05, 0) is 31.0 Å². The summed E-state index contributed by atoms with van der Waals surface area (Å²) >= 11 is 8.30. The Labute approximate surface area is 126 Å². The Bertz CT molecular complexity index is 558. The summed E-state index contributed by atoms with van der Waals surface area (Å²) in [6.07, 6.45) is 0.751. The van der Waals surface area contributed by atoms with Gasteiger partial charge in [-0.1, -0.05) is 50.1 Å². The number of carbonyl (C=O) groups is 1. The zero-order valence-electron chi connectivity index (χ0n) is 9.96. The standard InChI is InChI=1S/C12H12Br2N2OS/c1-3-7(13)11(17)16-12-15-9-5-8(14)6(2)4-10(9)18-12/h4-5,7H,3H2,1-2H3,(H,15,16,17). The van der Waals surface area contributed by atoms with Gasteiger partial charge in [-0.3, -0.25) is 4.79 Å². The number of hydrogen-bond acceptors (Lipinski definition) is 3. The van der Waals surface area contributed by atoms with E-state index in [1.54, 1.807) is 0 Å². The summed E-state index contributed by atoms with van der Waals surface area (Å²) in [5.41, 5.74) is 2.06. The SMILES string of the molecule is CCC(Br)C(=O)Nc1nc2cc(Br)c(C)cc2s1. The smallest absolute Gasteiger partial charge is 0.239 e. The molecule has 1 unspecified atom stereocenters. The average molecular weight is 392 g/mol. The highest BCUT2D eigenvalue weighted by Crippen LogP contribution is 2.30. The Morgan fingerprint density at radius 1 is 1.56 bits per heavy atom. The van der Waals surface area contributed by atoms with E-state index in [9.17, 15) is 4.79 Å². The molecule has 0 aliphatic heterocycles. The van der Waals surface area contributed by atoms with Crippen molar-refractivity contribution in [3.63, 3.8) is 0 Å². The summed E-state index contributed by atoms with van der Waals surface area (Å²) in [4.78, 5) is 16.0. The van der Waals surface area contributed by atoms with Gasteiger partial charge in [-0.2, -0.15) is 0 Å². The highest BCUT2D eigenvalue weighted by Gasteiger charge is 2.14. The van der Waals surface area contributed by atoms with Crippen molar-refractivity contribution in [3.8, 4) is 0 Å². The average Bonchev–Trinajstić information content (AvgIpc) is 2.70. The molecule has 0 aliphatic rings. The lowest BCUT2D eigenvalue weighted by Gasteiger charge is -2.04. The lowest BCUT2D eigenvalue weighted by molar-refractivity contribution is -0.115. The number of amides is 1. The minimum absolute atomic E-state index is 0.0488. The van der Waals surface area contributed by atoms with Crippen molar-refractivity contribution in [3.05, 3.63) is 22.2 Å². The summed E-state index contributed by atoms with van der Waals surface area (Å²) in [7, 11) is 0. The first-order valence-corrected chi connectivity index (χ1v) is 8.05. The summed E-state index contributed by atoms with van der Waals surface area (Å²) < 4.78 is 2.11. The normalized spacial score (nSPS) is 12.7. The van der Waals surface area contributed by atoms with Crippen LogP contribution in [0.15, 0.2) is 16.6 Å². The number of anilines is 1. The number of nitrogens with one attached hydrogen (secondary N) is 1. The van der Waals surface area contributed by atoms with Crippen molar-refractivity contribution < 1.29 is 4.79 Å². The number of nitrogens with zero attached hydrogens (tertiary/aromatic N) is 1. The molecule has 0 aliphatic carbocycles. The van der Waals surface area contributed by atoms with Crippen LogP contribution in [0.2, 0.25) is 0 Å². The van der Waals surface area contributed by atoms with Crippen LogP contribution in [0.3, 0.4) is 0 Å². The van der Waals surface area contributed by atoms with Crippen molar-refractivity contribution in [2.75, 3.05) is 5.32 Å². The van der Waals surface area contributed by atoms with Gasteiger partial charge >= 0.3 is 0 Å². The van der Waals surface area contributed by atoms with Gasteiger partial charge in [-0.25, -0.2) is 4.98 Å². The molecule has 1 amide bonds. The summed E-state index contributed by atoms with van der Waals surface area (Å²) in [6, 6.07) is 4.04. The second kappa shape index (κ2) is 5.67. The molecule has 2 rings (SSSR count). The summed E-state index contributed by atoms with van der Waals surface area (Å²) in [5, 5.41) is 3.47. The number of aromatic nitrogens is 1. The lowest BCUT2D eigenvalue weighted by atomic mass is 10.2. The summed E-state index contributed by atoms with van der Waals surface area (Å²) in [5.74, 6) is -0.0488. The van der Waals surface area contributed by atoms with Crippen LogP contribution < -0.4 is 5.32 Å². The Hall–Kier alpha value is -0.460. The van der Waals surface area contributed by atoms with Gasteiger partial charge in [0.1, 0.15) is 0 Å². The van der Waals surface area contributed by atoms with Crippen LogP contribution in [0.5, 0.6) is 0 Å². The number of carbonyl (C=O) groups excluding carboxylic acids is 1. The molecule has 0 fully saturated rings. The van der Waals surface area contributed by atoms with Crippen LogP contribution in [-0.4, -0.2) is 15.7 Å². The molecule has 0 bridgehead atoms. The number of aryl methyl sites for hydroxylation is 1. The molecule has 1 heterocycles. The third kappa shape index (κ3) is 2.92. The molecule has 2 aromatic rings. The number of rotatable bonds is 3. The molecular weight excluding hydrogens is 380 g/mol. The van der Waals surface area contributed by atoms with E-state index in [1.807, 2.05) is 19.9 Å². The van der Waals surface area contributed by atoms with Gasteiger partial charge in [0.05, 0.1) is 15.0 Å². The van der Waals surface area contributed by atoms with Crippen molar-refractivity contribution in [2.45, 2.75) is 25.1 Å². The minimum Gasteiger partial charge on any atom is -0.301 e. The van der Waals surface area contributed by atoms with Gasteiger partial charge in [0.25, 0.3) is 0 Å². The lowest BCUT2D eigenvalue weighted by Crippen LogP contribution is -2.21.